The number of rotatable bonds is 7. The molecule has 1 N–H and O–H groups in total. The number of methoxy groups -OCH3 is 1. The van der Waals surface area contributed by atoms with Crippen LogP contribution in [0.3, 0.4) is 0 Å². The highest BCUT2D eigenvalue weighted by atomic mass is 16.5. The number of benzene rings is 3. The zero-order valence-corrected chi connectivity index (χ0v) is 18.5. The molecule has 0 radical (unpaired) electrons. The van der Waals surface area contributed by atoms with Crippen molar-refractivity contribution >= 4 is 17.4 Å². The first-order chi connectivity index (χ1) is 16.0. The quantitative estimate of drug-likeness (QED) is 0.325. The molecule has 3 aromatic carbocycles. The van der Waals surface area contributed by atoms with Crippen molar-refractivity contribution in [2.75, 3.05) is 13.7 Å². The van der Waals surface area contributed by atoms with Crippen molar-refractivity contribution in [3.8, 4) is 11.5 Å². The van der Waals surface area contributed by atoms with Gasteiger partial charge >= 0.3 is 0 Å². The molecule has 1 heterocycles. The van der Waals surface area contributed by atoms with Crippen LogP contribution in [0.5, 0.6) is 11.5 Å². The van der Waals surface area contributed by atoms with Crippen LogP contribution >= 0.6 is 0 Å². The number of carbonyl (C=O) groups excluding carboxylic acids is 2. The van der Waals surface area contributed by atoms with Gasteiger partial charge in [-0.25, -0.2) is 0 Å². The fourth-order valence-electron chi connectivity index (χ4n) is 4.01. The predicted octanol–water partition coefficient (Wildman–Crippen LogP) is 4.72. The first-order valence-corrected chi connectivity index (χ1v) is 10.7. The molecule has 1 fully saturated rings. The maximum atomic E-state index is 13.1. The van der Waals surface area contributed by atoms with Crippen LogP contribution < -0.4 is 9.47 Å². The third-order valence-corrected chi connectivity index (χ3v) is 5.59. The number of ether oxygens (including phenoxy) is 2. The molecular weight excluding hydrogens is 418 g/mol. The Kier molecular flexibility index (Phi) is 6.45. The molecule has 1 unspecified atom stereocenters. The smallest absolute Gasteiger partial charge is 0.295 e. The van der Waals surface area contributed by atoms with Gasteiger partial charge in [-0.3, -0.25) is 9.59 Å². The zero-order chi connectivity index (χ0) is 23.4. The van der Waals surface area contributed by atoms with Crippen molar-refractivity contribution in [2.45, 2.75) is 19.5 Å². The highest BCUT2D eigenvalue weighted by Gasteiger charge is 2.46. The molecule has 0 spiro atoms. The minimum Gasteiger partial charge on any atom is -0.507 e. The summed E-state index contributed by atoms with van der Waals surface area (Å²) in [6, 6.07) is 22.7. The van der Waals surface area contributed by atoms with E-state index >= 15 is 0 Å². The van der Waals surface area contributed by atoms with Gasteiger partial charge in [-0.2, -0.15) is 0 Å². The van der Waals surface area contributed by atoms with Crippen LogP contribution in [-0.2, 0) is 16.1 Å². The van der Waals surface area contributed by atoms with E-state index in [0.717, 1.165) is 16.9 Å². The predicted molar refractivity (Wildman–Crippen MR) is 125 cm³/mol. The van der Waals surface area contributed by atoms with E-state index in [2.05, 4.69) is 0 Å². The average Bonchev–Trinajstić information content (AvgIpc) is 3.10. The molecule has 1 aliphatic rings. The lowest BCUT2D eigenvalue weighted by Crippen LogP contribution is -2.29. The van der Waals surface area contributed by atoms with Crippen LogP contribution in [0.1, 0.15) is 29.7 Å². The molecular formula is C27H25NO5. The number of hydrogen-bond donors (Lipinski definition) is 1. The summed E-state index contributed by atoms with van der Waals surface area (Å²) in [5, 5.41) is 11.1. The third kappa shape index (κ3) is 4.46. The van der Waals surface area contributed by atoms with Gasteiger partial charge in [-0.05, 0) is 42.3 Å². The summed E-state index contributed by atoms with van der Waals surface area (Å²) in [5.41, 5.74) is 2.06. The minimum absolute atomic E-state index is 0.0605. The number of aliphatic hydroxyl groups is 1. The van der Waals surface area contributed by atoms with E-state index in [-0.39, 0.29) is 17.9 Å². The van der Waals surface area contributed by atoms with E-state index in [1.807, 2.05) is 61.5 Å². The van der Waals surface area contributed by atoms with Gasteiger partial charge in [0.2, 0.25) is 0 Å². The van der Waals surface area contributed by atoms with Crippen LogP contribution in [-0.4, -0.2) is 35.4 Å². The van der Waals surface area contributed by atoms with Crippen molar-refractivity contribution in [3.05, 3.63) is 101 Å². The van der Waals surface area contributed by atoms with Crippen molar-refractivity contribution < 1.29 is 24.2 Å². The number of amides is 1. The standard InChI is InChI=1S/C27H25NO5/c1-3-33-21-14-12-18(13-15-21)17-28-24(19-8-5-4-6-9-19)23(26(30)27(28)31)25(29)20-10-7-11-22(16-20)32-2/h4-16,24,29H,3,17H2,1-2H3/b25-23-. The summed E-state index contributed by atoms with van der Waals surface area (Å²) in [4.78, 5) is 27.8. The minimum atomic E-state index is -0.719. The topological polar surface area (TPSA) is 76.1 Å². The Balaban J connectivity index is 1.78. The molecule has 0 saturated carbocycles. The fourth-order valence-corrected chi connectivity index (χ4v) is 4.01. The maximum absolute atomic E-state index is 13.1. The summed E-state index contributed by atoms with van der Waals surface area (Å²) in [5.74, 6) is -0.313. The van der Waals surface area contributed by atoms with Gasteiger partial charge in [0, 0.05) is 12.1 Å². The Morgan fingerprint density at radius 1 is 0.939 bits per heavy atom. The zero-order valence-electron chi connectivity index (χ0n) is 18.5. The van der Waals surface area contributed by atoms with Crippen LogP contribution in [0, 0.1) is 0 Å². The lowest BCUT2D eigenvalue weighted by atomic mass is 9.95. The Labute approximate surface area is 192 Å². The Morgan fingerprint density at radius 3 is 2.33 bits per heavy atom. The van der Waals surface area contributed by atoms with Crippen molar-refractivity contribution in [2.24, 2.45) is 0 Å². The molecule has 0 aromatic heterocycles. The van der Waals surface area contributed by atoms with E-state index in [9.17, 15) is 14.7 Å². The highest BCUT2D eigenvalue weighted by Crippen LogP contribution is 2.40. The van der Waals surface area contributed by atoms with Crippen LogP contribution in [0.4, 0.5) is 0 Å². The molecule has 0 bridgehead atoms. The van der Waals surface area contributed by atoms with Gasteiger partial charge in [0.15, 0.2) is 0 Å². The normalized spacial score (nSPS) is 17.3. The molecule has 3 aromatic rings. The molecule has 168 valence electrons. The molecule has 0 aliphatic carbocycles. The van der Waals surface area contributed by atoms with Gasteiger partial charge in [-0.15, -0.1) is 0 Å². The number of aliphatic hydroxyl groups excluding tert-OH is 1. The summed E-state index contributed by atoms with van der Waals surface area (Å²) in [6.45, 7) is 2.69. The van der Waals surface area contributed by atoms with E-state index in [1.54, 1.807) is 24.3 Å². The molecule has 1 saturated heterocycles. The second-order valence-corrected chi connectivity index (χ2v) is 7.65. The Hall–Kier alpha value is -4.06. The first kappa shape index (κ1) is 22.1. The van der Waals surface area contributed by atoms with Crippen molar-refractivity contribution in [1.82, 2.24) is 4.90 Å². The fraction of sp³-hybridized carbons (Fsp3) is 0.185. The van der Waals surface area contributed by atoms with Gasteiger partial charge in [0.05, 0.1) is 25.3 Å². The molecule has 1 aliphatic heterocycles. The summed E-state index contributed by atoms with van der Waals surface area (Å²) in [7, 11) is 1.53. The number of hydrogen-bond acceptors (Lipinski definition) is 5. The summed E-state index contributed by atoms with van der Waals surface area (Å²) in [6.07, 6.45) is 0. The van der Waals surface area contributed by atoms with Crippen molar-refractivity contribution in [1.29, 1.82) is 0 Å². The lowest BCUT2D eigenvalue weighted by Gasteiger charge is -2.25. The maximum Gasteiger partial charge on any atom is 0.295 e. The lowest BCUT2D eigenvalue weighted by molar-refractivity contribution is -0.140. The molecule has 4 rings (SSSR count). The van der Waals surface area contributed by atoms with E-state index in [0.29, 0.717) is 17.9 Å². The Bertz CT molecular complexity index is 1180. The van der Waals surface area contributed by atoms with Crippen molar-refractivity contribution in [3.63, 3.8) is 0 Å². The number of nitrogens with zero attached hydrogens (tertiary/aromatic N) is 1. The van der Waals surface area contributed by atoms with Crippen LogP contribution in [0.15, 0.2) is 84.4 Å². The van der Waals surface area contributed by atoms with Gasteiger partial charge < -0.3 is 19.5 Å². The summed E-state index contributed by atoms with van der Waals surface area (Å²) >= 11 is 0. The van der Waals surface area contributed by atoms with Crippen LogP contribution in [0.2, 0.25) is 0 Å². The average molecular weight is 443 g/mol. The number of ketones is 1. The molecule has 33 heavy (non-hydrogen) atoms. The van der Waals surface area contributed by atoms with E-state index in [4.69, 9.17) is 9.47 Å². The highest BCUT2D eigenvalue weighted by molar-refractivity contribution is 6.46. The molecule has 1 amide bonds. The summed E-state index contributed by atoms with van der Waals surface area (Å²) < 4.78 is 10.7. The van der Waals surface area contributed by atoms with Gasteiger partial charge in [0.25, 0.3) is 11.7 Å². The molecule has 6 nitrogen and oxygen atoms in total. The SMILES string of the molecule is CCOc1ccc(CN2C(=O)C(=O)/C(=C(\O)c3cccc(OC)c3)C2c2ccccc2)cc1. The van der Waals surface area contributed by atoms with Crippen LogP contribution in [0.25, 0.3) is 5.76 Å². The first-order valence-electron chi connectivity index (χ1n) is 10.7. The molecule has 1 atom stereocenters. The number of Topliss-reactive ketones (excluding diaryl/α,β-unsaturated/α-hetero) is 1. The van der Waals surface area contributed by atoms with E-state index in [1.165, 1.54) is 12.0 Å². The second kappa shape index (κ2) is 9.61. The molecule has 6 heteroatoms. The van der Waals surface area contributed by atoms with Gasteiger partial charge in [-0.1, -0.05) is 54.6 Å². The number of likely N-dealkylation sites (tertiary alicyclic amines) is 1. The third-order valence-electron chi connectivity index (χ3n) is 5.59. The monoisotopic (exact) mass is 443 g/mol. The van der Waals surface area contributed by atoms with E-state index < -0.39 is 17.7 Å². The largest absolute Gasteiger partial charge is 0.507 e. The Morgan fingerprint density at radius 2 is 1.67 bits per heavy atom. The number of carbonyl (C=O) groups is 2. The van der Waals surface area contributed by atoms with Gasteiger partial charge in [0.1, 0.15) is 17.3 Å². The second-order valence-electron chi connectivity index (χ2n) is 7.65.